The molecule has 2 aliphatic rings. The van der Waals surface area contributed by atoms with Crippen LogP contribution in [0.4, 0.5) is 37.7 Å². The van der Waals surface area contributed by atoms with Crippen LogP contribution in [0.2, 0.25) is 0 Å². The van der Waals surface area contributed by atoms with E-state index in [2.05, 4.69) is 0 Å². The van der Waals surface area contributed by atoms with Crippen LogP contribution in [0.5, 0.6) is 23.0 Å². The van der Waals surface area contributed by atoms with Crippen LogP contribution in [0, 0.1) is 0 Å². The highest BCUT2D eigenvalue weighted by Gasteiger charge is 2.42. The summed E-state index contributed by atoms with van der Waals surface area (Å²) in [5, 5.41) is 0. The van der Waals surface area contributed by atoms with Crippen molar-refractivity contribution >= 4 is 35.0 Å². The van der Waals surface area contributed by atoms with Gasteiger partial charge in [-0.25, -0.2) is 9.80 Å². The summed E-state index contributed by atoms with van der Waals surface area (Å²) >= 11 is 0. The quantitative estimate of drug-likeness (QED) is 0.253. The minimum absolute atomic E-state index is 0.211. The average molecular weight is 588 g/mol. The van der Waals surface area contributed by atoms with Crippen molar-refractivity contribution in [3.8, 4) is 23.0 Å². The highest BCUT2D eigenvalue weighted by atomic mass is 19.4. The Morgan fingerprint density at radius 1 is 0.476 bits per heavy atom. The lowest BCUT2D eigenvalue weighted by molar-refractivity contribution is -0.144. The van der Waals surface area contributed by atoms with Gasteiger partial charge in [0.25, 0.3) is 23.6 Å². The molecule has 42 heavy (non-hydrogen) atoms. The van der Waals surface area contributed by atoms with Gasteiger partial charge >= 0.3 is 12.4 Å². The molecule has 0 aromatic heterocycles. The van der Waals surface area contributed by atoms with Gasteiger partial charge in [-0.15, -0.1) is 0 Å². The zero-order valence-electron chi connectivity index (χ0n) is 20.7. The molecule has 0 N–H and O–H groups in total. The largest absolute Gasteiger partial charge is 0.454 e. The van der Waals surface area contributed by atoms with Crippen molar-refractivity contribution in [2.24, 2.45) is 0 Å². The van der Waals surface area contributed by atoms with E-state index in [1.165, 1.54) is 36.4 Å². The summed E-state index contributed by atoms with van der Waals surface area (Å²) in [5.41, 5.74) is -4.21. The van der Waals surface area contributed by atoms with Crippen LogP contribution >= 0.6 is 0 Å². The van der Waals surface area contributed by atoms with Crippen LogP contribution in [0.1, 0.15) is 11.1 Å². The summed E-state index contributed by atoms with van der Waals surface area (Å²) in [6, 6.07) is 10.1. The third kappa shape index (κ3) is 5.21. The van der Waals surface area contributed by atoms with Gasteiger partial charge < -0.3 is 9.47 Å². The molecule has 2 aliphatic heterocycles. The molecule has 214 valence electrons. The van der Waals surface area contributed by atoms with E-state index in [1.807, 2.05) is 0 Å². The molecule has 3 aromatic carbocycles. The lowest BCUT2D eigenvalue weighted by atomic mass is 10.1. The van der Waals surface area contributed by atoms with Crippen molar-refractivity contribution in [1.29, 1.82) is 0 Å². The highest BCUT2D eigenvalue weighted by Crippen LogP contribution is 2.49. The second kappa shape index (κ2) is 10.2. The summed E-state index contributed by atoms with van der Waals surface area (Å²) in [6.45, 7) is 0. The van der Waals surface area contributed by atoms with Crippen molar-refractivity contribution in [1.82, 2.24) is 0 Å². The molecule has 0 aliphatic carbocycles. The monoisotopic (exact) mass is 588 g/mol. The van der Waals surface area contributed by atoms with Gasteiger partial charge in [-0.3, -0.25) is 19.2 Å². The number of carbonyl (C=O) groups excluding carboxylic acids is 4. The van der Waals surface area contributed by atoms with E-state index in [-0.39, 0.29) is 17.4 Å². The first-order valence-corrected chi connectivity index (χ1v) is 11.7. The molecule has 0 atom stereocenters. The SMILES string of the molecule is O=C1C=CC(=O)N1c1ccccc1Oc1cc(Oc2ccccc2N2C(=O)C=CC2=O)c(C(F)(F)F)cc1C(F)(F)F. The Kier molecular flexibility index (Phi) is 6.84. The van der Waals surface area contributed by atoms with Crippen molar-refractivity contribution in [2.75, 3.05) is 9.80 Å². The number of anilines is 2. The van der Waals surface area contributed by atoms with E-state index >= 15 is 0 Å². The third-order valence-corrected chi connectivity index (χ3v) is 5.96. The summed E-state index contributed by atoms with van der Waals surface area (Å²) in [7, 11) is 0. The van der Waals surface area contributed by atoms with Crippen LogP contribution in [-0.2, 0) is 31.5 Å². The van der Waals surface area contributed by atoms with Crippen molar-refractivity contribution < 1.29 is 55.0 Å². The topological polar surface area (TPSA) is 93.2 Å². The summed E-state index contributed by atoms with van der Waals surface area (Å²) < 4.78 is 95.1. The number of halogens is 6. The maximum atomic E-state index is 14.1. The number of hydrogen-bond acceptors (Lipinski definition) is 6. The number of imide groups is 2. The molecule has 4 amide bonds. The van der Waals surface area contributed by atoms with E-state index in [0.29, 0.717) is 15.9 Å². The Balaban J connectivity index is 1.64. The van der Waals surface area contributed by atoms with Crippen LogP contribution < -0.4 is 19.3 Å². The van der Waals surface area contributed by atoms with Gasteiger partial charge in [0.1, 0.15) is 11.5 Å². The fraction of sp³-hybridized carbons (Fsp3) is 0.0714. The number of benzene rings is 3. The zero-order valence-corrected chi connectivity index (χ0v) is 20.7. The number of para-hydroxylation sites is 4. The first-order valence-electron chi connectivity index (χ1n) is 11.7. The Bertz CT molecular complexity index is 1550. The van der Waals surface area contributed by atoms with Crippen molar-refractivity contribution in [3.05, 3.63) is 96.1 Å². The lowest BCUT2D eigenvalue weighted by Gasteiger charge is -2.23. The minimum Gasteiger partial charge on any atom is -0.454 e. The van der Waals surface area contributed by atoms with E-state index < -0.39 is 70.1 Å². The van der Waals surface area contributed by atoms with Gasteiger partial charge in [0.15, 0.2) is 11.5 Å². The predicted molar refractivity (Wildman–Crippen MR) is 133 cm³/mol. The molecule has 8 nitrogen and oxygen atoms in total. The van der Waals surface area contributed by atoms with Crippen LogP contribution in [-0.4, -0.2) is 23.6 Å². The van der Waals surface area contributed by atoms with Gasteiger partial charge in [-0.05, 0) is 30.3 Å². The van der Waals surface area contributed by atoms with E-state index in [9.17, 15) is 45.5 Å². The molecule has 5 rings (SSSR count). The van der Waals surface area contributed by atoms with Crippen LogP contribution in [0.15, 0.2) is 85.0 Å². The first kappa shape index (κ1) is 28.1. The number of alkyl halides is 6. The normalized spacial score (nSPS) is 15.3. The number of hydrogen-bond donors (Lipinski definition) is 0. The first-order chi connectivity index (χ1) is 19.8. The highest BCUT2D eigenvalue weighted by molar-refractivity contribution is 6.29. The molecule has 0 radical (unpaired) electrons. The maximum absolute atomic E-state index is 14.1. The van der Waals surface area contributed by atoms with Gasteiger partial charge in [-0.1, -0.05) is 24.3 Å². The molecule has 3 aromatic rings. The van der Waals surface area contributed by atoms with Gasteiger partial charge in [-0.2, -0.15) is 26.3 Å². The summed E-state index contributed by atoms with van der Waals surface area (Å²) in [4.78, 5) is 50.0. The number of nitrogens with zero attached hydrogens (tertiary/aromatic N) is 2. The van der Waals surface area contributed by atoms with E-state index in [4.69, 9.17) is 9.47 Å². The van der Waals surface area contributed by atoms with Crippen LogP contribution in [0.25, 0.3) is 0 Å². The lowest BCUT2D eigenvalue weighted by Crippen LogP contribution is -2.30. The average Bonchev–Trinajstić information content (AvgIpc) is 3.42. The molecular formula is C28H14F6N2O6. The number of carbonyl (C=O) groups is 4. The molecule has 0 saturated heterocycles. The zero-order chi connectivity index (χ0) is 30.4. The standard InChI is InChI=1S/C28H14F6N2O6/c29-27(30,31)15-13-16(28(32,33)34)22(42-20-8-4-2-6-18(20)36-25(39)11-12-26(36)40)14-21(15)41-19-7-3-1-5-17(19)35-23(37)9-10-24(35)38/h1-14H. The fourth-order valence-corrected chi connectivity index (χ4v) is 4.14. The van der Waals surface area contributed by atoms with Crippen LogP contribution in [0.3, 0.4) is 0 Å². The van der Waals surface area contributed by atoms with Crippen molar-refractivity contribution in [2.45, 2.75) is 12.4 Å². The van der Waals surface area contributed by atoms with Gasteiger partial charge in [0.05, 0.1) is 22.5 Å². The minimum atomic E-state index is -5.36. The number of amides is 4. The Hall–Kier alpha value is -5.40. The molecule has 0 fully saturated rings. The van der Waals surface area contributed by atoms with E-state index in [1.54, 1.807) is 0 Å². The molecule has 0 saturated carbocycles. The van der Waals surface area contributed by atoms with Gasteiger partial charge in [0, 0.05) is 30.4 Å². The third-order valence-electron chi connectivity index (χ3n) is 5.96. The number of rotatable bonds is 6. The molecule has 0 unspecified atom stereocenters. The van der Waals surface area contributed by atoms with Gasteiger partial charge in [0.2, 0.25) is 0 Å². The molecule has 0 spiro atoms. The summed E-state index contributed by atoms with van der Waals surface area (Å²) in [5.74, 6) is -6.50. The van der Waals surface area contributed by atoms with E-state index in [0.717, 1.165) is 36.4 Å². The van der Waals surface area contributed by atoms with Crippen molar-refractivity contribution in [3.63, 3.8) is 0 Å². The molecule has 14 heteroatoms. The predicted octanol–water partition coefficient (Wildman–Crippen LogP) is 6.17. The smallest absolute Gasteiger partial charge is 0.420 e. The Labute approximate surface area is 231 Å². The molecular weight excluding hydrogens is 574 g/mol. The summed E-state index contributed by atoms with van der Waals surface area (Å²) in [6.07, 6.45) is -7.02. The molecule has 0 bridgehead atoms. The maximum Gasteiger partial charge on any atom is 0.420 e. The molecule has 2 heterocycles. The fourth-order valence-electron chi connectivity index (χ4n) is 4.14. The second-order valence-electron chi connectivity index (χ2n) is 8.67. The second-order valence-corrected chi connectivity index (χ2v) is 8.67. The Morgan fingerprint density at radius 3 is 1.14 bits per heavy atom. The number of ether oxygens (including phenoxy) is 2. The Morgan fingerprint density at radius 2 is 0.810 bits per heavy atom.